The number of hydrogen-bond acceptors (Lipinski definition) is 7. The van der Waals surface area contributed by atoms with Crippen LogP contribution in [0.4, 0.5) is 11.4 Å². The predicted molar refractivity (Wildman–Crippen MR) is 128 cm³/mol. The van der Waals surface area contributed by atoms with Crippen LogP contribution in [0, 0.1) is 15.5 Å². The summed E-state index contributed by atoms with van der Waals surface area (Å²) in [5.41, 5.74) is 7.63. The Balaban J connectivity index is 1.98. The van der Waals surface area contributed by atoms with Gasteiger partial charge in [0.2, 0.25) is 17.4 Å². The molecule has 34 heavy (non-hydrogen) atoms. The first-order valence-corrected chi connectivity index (χ1v) is 10.3. The Morgan fingerprint density at radius 2 is 1.65 bits per heavy atom. The highest BCUT2D eigenvalue weighted by atomic mass is 16.6. The average molecular weight is 463 g/mol. The monoisotopic (exact) mass is 463 g/mol. The summed E-state index contributed by atoms with van der Waals surface area (Å²) >= 11 is 0. The second kappa shape index (κ2) is 10.8. The molecule has 1 amide bonds. The minimum absolute atomic E-state index is 0.0334. The second-order valence-corrected chi connectivity index (χ2v) is 7.30. The molecule has 10 nitrogen and oxygen atoms in total. The van der Waals surface area contributed by atoms with Gasteiger partial charge in [-0.2, -0.15) is 0 Å². The van der Waals surface area contributed by atoms with Gasteiger partial charge in [-0.05, 0) is 47.5 Å². The van der Waals surface area contributed by atoms with Crippen LogP contribution < -0.4 is 25.8 Å². The maximum Gasteiger partial charge on any atom is 0.352 e. The van der Waals surface area contributed by atoms with Crippen LogP contribution in [0.3, 0.4) is 0 Å². The van der Waals surface area contributed by atoms with Gasteiger partial charge in [0.05, 0.1) is 19.1 Å². The van der Waals surface area contributed by atoms with Gasteiger partial charge in [0.15, 0.2) is 0 Å². The summed E-state index contributed by atoms with van der Waals surface area (Å²) in [5, 5.41) is 25.1. The van der Waals surface area contributed by atoms with E-state index in [0.717, 1.165) is 5.56 Å². The SMILES string of the molecule is COc1cc([C@H](Nc2ccc(C(=N)N)cc2)C(=O)NCc2ccccc2)cc(OC)c1[N+](=O)[O-]. The van der Waals surface area contributed by atoms with Crippen LogP contribution in [0.1, 0.15) is 22.7 Å². The van der Waals surface area contributed by atoms with Gasteiger partial charge in [0.25, 0.3) is 0 Å². The summed E-state index contributed by atoms with van der Waals surface area (Å²) in [6.07, 6.45) is 0. The number of nitro benzene ring substituents is 1. The number of anilines is 1. The molecule has 0 aromatic heterocycles. The molecule has 3 aromatic rings. The van der Waals surface area contributed by atoms with Crippen molar-refractivity contribution in [2.75, 3.05) is 19.5 Å². The topological polar surface area (TPSA) is 153 Å². The van der Waals surface area contributed by atoms with E-state index < -0.39 is 11.0 Å². The molecule has 0 fully saturated rings. The van der Waals surface area contributed by atoms with Gasteiger partial charge in [0, 0.05) is 17.8 Å². The molecule has 0 aliphatic rings. The van der Waals surface area contributed by atoms with Gasteiger partial charge in [0.1, 0.15) is 11.9 Å². The van der Waals surface area contributed by atoms with E-state index in [0.29, 0.717) is 23.4 Å². The van der Waals surface area contributed by atoms with Crippen LogP contribution >= 0.6 is 0 Å². The number of nitrogen functional groups attached to an aromatic ring is 1. The molecule has 0 unspecified atom stereocenters. The van der Waals surface area contributed by atoms with Gasteiger partial charge in [-0.15, -0.1) is 0 Å². The minimum Gasteiger partial charge on any atom is -0.490 e. The van der Waals surface area contributed by atoms with Crippen LogP contribution in [-0.4, -0.2) is 30.9 Å². The Labute approximate surface area is 196 Å². The first kappa shape index (κ1) is 24.1. The maximum absolute atomic E-state index is 13.3. The normalized spacial score (nSPS) is 11.2. The molecule has 0 aliphatic carbocycles. The minimum atomic E-state index is -0.935. The fourth-order valence-corrected chi connectivity index (χ4v) is 3.36. The third-order valence-corrected chi connectivity index (χ3v) is 5.10. The van der Waals surface area contributed by atoms with E-state index in [9.17, 15) is 14.9 Å². The van der Waals surface area contributed by atoms with Crippen LogP contribution in [0.5, 0.6) is 11.5 Å². The molecule has 5 N–H and O–H groups in total. The van der Waals surface area contributed by atoms with E-state index in [1.807, 2.05) is 30.3 Å². The lowest BCUT2D eigenvalue weighted by atomic mass is 10.0. The number of carbonyl (C=O) groups excluding carboxylic acids is 1. The number of benzene rings is 3. The molecular weight excluding hydrogens is 438 g/mol. The van der Waals surface area contributed by atoms with Crippen molar-refractivity contribution in [2.24, 2.45) is 5.73 Å². The van der Waals surface area contributed by atoms with E-state index in [-0.39, 0.29) is 28.9 Å². The molecule has 176 valence electrons. The van der Waals surface area contributed by atoms with Gasteiger partial charge in [-0.3, -0.25) is 20.3 Å². The molecule has 0 bridgehead atoms. The highest BCUT2D eigenvalue weighted by Crippen LogP contribution is 2.40. The number of amides is 1. The summed E-state index contributed by atoms with van der Waals surface area (Å²) in [7, 11) is 2.62. The van der Waals surface area contributed by atoms with Crippen LogP contribution in [0.2, 0.25) is 0 Å². The van der Waals surface area contributed by atoms with Gasteiger partial charge in [-0.25, -0.2) is 0 Å². The zero-order valence-electron chi connectivity index (χ0n) is 18.7. The lowest BCUT2D eigenvalue weighted by Crippen LogP contribution is -2.33. The summed E-state index contributed by atoms with van der Waals surface area (Å²) in [6, 6.07) is 18.0. The van der Waals surface area contributed by atoms with Gasteiger partial charge in [-0.1, -0.05) is 30.3 Å². The quantitative estimate of drug-likeness (QED) is 0.156. The number of nitrogens with one attached hydrogen (secondary N) is 3. The van der Waals surface area contributed by atoms with Crippen molar-refractivity contribution in [3.8, 4) is 11.5 Å². The zero-order valence-corrected chi connectivity index (χ0v) is 18.7. The molecular formula is C24H25N5O5. The van der Waals surface area contributed by atoms with Crippen LogP contribution in [0.15, 0.2) is 66.7 Å². The number of rotatable bonds is 10. The van der Waals surface area contributed by atoms with E-state index in [4.69, 9.17) is 20.6 Å². The Morgan fingerprint density at radius 3 is 2.15 bits per heavy atom. The maximum atomic E-state index is 13.3. The lowest BCUT2D eigenvalue weighted by molar-refractivity contribution is -0.386. The molecule has 0 spiro atoms. The molecule has 0 saturated carbocycles. The highest BCUT2D eigenvalue weighted by Gasteiger charge is 2.28. The molecule has 10 heteroatoms. The van der Waals surface area contributed by atoms with Crippen LogP contribution in [-0.2, 0) is 11.3 Å². The fraction of sp³-hybridized carbons (Fsp3) is 0.167. The number of nitrogens with zero attached hydrogens (tertiary/aromatic N) is 1. The Kier molecular flexibility index (Phi) is 7.65. The van der Waals surface area contributed by atoms with Gasteiger partial charge >= 0.3 is 5.69 Å². The van der Waals surface area contributed by atoms with Crippen molar-refractivity contribution in [3.05, 3.63) is 93.5 Å². The number of amidine groups is 1. The largest absolute Gasteiger partial charge is 0.490 e. The fourth-order valence-electron chi connectivity index (χ4n) is 3.36. The average Bonchev–Trinajstić information content (AvgIpc) is 2.85. The smallest absolute Gasteiger partial charge is 0.352 e. The number of nitro groups is 1. The van der Waals surface area contributed by atoms with Crippen LogP contribution in [0.25, 0.3) is 0 Å². The first-order valence-electron chi connectivity index (χ1n) is 10.3. The Hall–Kier alpha value is -4.60. The summed E-state index contributed by atoms with van der Waals surface area (Å²) in [5.74, 6) is -0.506. The van der Waals surface area contributed by atoms with E-state index in [1.54, 1.807) is 24.3 Å². The third kappa shape index (κ3) is 5.60. The summed E-state index contributed by atoms with van der Waals surface area (Å²) in [4.78, 5) is 24.2. The number of carbonyl (C=O) groups is 1. The van der Waals surface area contributed by atoms with E-state index in [1.165, 1.54) is 26.4 Å². The van der Waals surface area contributed by atoms with Crippen molar-refractivity contribution >= 4 is 23.1 Å². The standard InChI is InChI=1S/C24H25N5O5/c1-33-19-12-17(13-20(34-2)22(19)29(31)32)21(24(30)27-14-15-6-4-3-5-7-15)28-18-10-8-16(9-11-18)23(25)26/h3-13,21,28H,14H2,1-2H3,(H3,25,26)(H,27,30)/t21-/m0/s1. The number of nitrogens with two attached hydrogens (primary N) is 1. The summed E-state index contributed by atoms with van der Waals surface area (Å²) < 4.78 is 10.4. The predicted octanol–water partition coefficient (Wildman–Crippen LogP) is 3.37. The number of hydrogen-bond donors (Lipinski definition) is 4. The lowest BCUT2D eigenvalue weighted by Gasteiger charge is -2.21. The Bertz CT molecular complexity index is 1160. The third-order valence-electron chi connectivity index (χ3n) is 5.10. The zero-order chi connectivity index (χ0) is 24.7. The number of methoxy groups -OCH3 is 2. The van der Waals surface area contributed by atoms with Crippen molar-refractivity contribution in [3.63, 3.8) is 0 Å². The summed E-state index contributed by atoms with van der Waals surface area (Å²) in [6.45, 7) is 0.294. The first-order chi connectivity index (χ1) is 16.3. The Morgan fingerprint density at radius 1 is 1.06 bits per heavy atom. The molecule has 0 heterocycles. The van der Waals surface area contributed by atoms with E-state index in [2.05, 4.69) is 10.6 Å². The molecule has 1 atom stereocenters. The molecule has 0 saturated heterocycles. The molecule has 3 rings (SSSR count). The van der Waals surface area contributed by atoms with E-state index >= 15 is 0 Å². The van der Waals surface area contributed by atoms with Gasteiger partial charge < -0.3 is 25.8 Å². The molecule has 3 aromatic carbocycles. The highest BCUT2D eigenvalue weighted by molar-refractivity contribution is 5.95. The second-order valence-electron chi connectivity index (χ2n) is 7.30. The molecule has 0 aliphatic heterocycles. The van der Waals surface area contributed by atoms with Crippen molar-refractivity contribution in [1.29, 1.82) is 5.41 Å². The number of ether oxygens (including phenoxy) is 2. The van der Waals surface area contributed by atoms with Crippen molar-refractivity contribution in [2.45, 2.75) is 12.6 Å². The molecule has 0 radical (unpaired) electrons. The van der Waals surface area contributed by atoms with Crippen molar-refractivity contribution in [1.82, 2.24) is 5.32 Å². The van der Waals surface area contributed by atoms with Crippen molar-refractivity contribution < 1.29 is 19.2 Å².